The number of amides is 3. The number of aromatic nitrogens is 5. The molecule has 0 spiro atoms. The Balaban J connectivity index is 1.15. The molecule has 3 aliphatic carbocycles. The molecule has 3 aromatic heterocycles. The zero-order valence-electron chi connectivity index (χ0n) is 20.9. The molecule has 3 saturated carbocycles. The van der Waals surface area contributed by atoms with Crippen LogP contribution in [0.2, 0.25) is 0 Å². The van der Waals surface area contributed by atoms with Gasteiger partial charge in [0.25, 0.3) is 5.91 Å². The summed E-state index contributed by atoms with van der Waals surface area (Å²) in [7, 11) is 0. The van der Waals surface area contributed by atoms with E-state index < -0.39 is 24.8 Å². The molecule has 3 aromatic rings. The average Bonchev–Trinajstić information content (AvgIpc) is 3.84. The van der Waals surface area contributed by atoms with E-state index in [0.29, 0.717) is 34.4 Å². The van der Waals surface area contributed by atoms with Crippen LogP contribution < -0.4 is 10.6 Å². The van der Waals surface area contributed by atoms with Gasteiger partial charge in [-0.3, -0.25) is 4.79 Å². The number of carbonyl (C=O) groups excluding carboxylic acids is 2. The number of carbonyl (C=O) groups is 2. The minimum Gasteiger partial charge on any atom is -0.342 e. The Morgan fingerprint density at radius 2 is 1.90 bits per heavy atom. The van der Waals surface area contributed by atoms with Crippen LogP contribution in [0.3, 0.4) is 0 Å². The fraction of sp³-hybridized carbons (Fsp3) is 0.600. The van der Waals surface area contributed by atoms with Gasteiger partial charge in [-0.05, 0) is 73.1 Å². The smallest absolute Gasteiger partial charge is 0.342 e. The van der Waals surface area contributed by atoms with Crippen molar-refractivity contribution in [2.75, 3.05) is 6.54 Å². The van der Waals surface area contributed by atoms with E-state index in [0.717, 1.165) is 43.4 Å². The summed E-state index contributed by atoms with van der Waals surface area (Å²) in [6.45, 7) is -0.494. The Morgan fingerprint density at radius 3 is 2.54 bits per heavy atom. The zero-order chi connectivity index (χ0) is 26.9. The van der Waals surface area contributed by atoms with Crippen molar-refractivity contribution in [3.63, 3.8) is 0 Å². The maximum Gasteiger partial charge on any atom is 0.410 e. The van der Waals surface area contributed by atoms with Gasteiger partial charge in [0.1, 0.15) is 11.7 Å². The first-order valence-corrected chi connectivity index (χ1v) is 13.3. The van der Waals surface area contributed by atoms with E-state index >= 15 is 0 Å². The number of alkyl halides is 3. The molecule has 14 heteroatoms. The van der Waals surface area contributed by atoms with Gasteiger partial charge < -0.3 is 15.5 Å². The molecule has 206 valence electrons. The summed E-state index contributed by atoms with van der Waals surface area (Å²) < 4.78 is 45.7. The standard InChI is InChI=1S/C25H27F3N8O3/c26-25(27,28)17-11-35(24(38)31-17)9-12-7-18-30-16(10-36(18)29-8-12)21(19(13-1-2-13)14-3-4-14)32-23(37)22-20(15-5-6-15)33-39-34-22/h7-8,10,13-15,17,19,21H,1-6,9,11H2,(H,31,38)(H,32,37)/t17-,21+/m0/s1. The normalized spacial score (nSPS) is 22.5. The van der Waals surface area contributed by atoms with Crippen molar-refractivity contribution >= 4 is 17.6 Å². The predicted octanol–water partition coefficient (Wildman–Crippen LogP) is 3.35. The summed E-state index contributed by atoms with van der Waals surface area (Å²) in [6.07, 6.45) is 5.15. The van der Waals surface area contributed by atoms with Crippen molar-refractivity contribution < 1.29 is 27.4 Å². The highest BCUT2D eigenvalue weighted by molar-refractivity contribution is 5.93. The van der Waals surface area contributed by atoms with Crippen LogP contribution >= 0.6 is 0 Å². The summed E-state index contributed by atoms with van der Waals surface area (Å²) in [5.41, 5.74) is 2.53. The van der Waals surface area contributed by atoms with E-state index in [2.05, 4.69) is 20.7 Å². The molecule has 11 nitrogen and oxygen atoms in total. The minimum atomic E-state index is -4.51. The van der Waals surface area contributed by atoms with Crippen molar-refractivity contribution in [2.24, 2.45) is 17.8 Å². The number of nitrogens with one attached hydrogen (secondary N) is 2. The molecule has 0 radical (unpaired) electrons. The molecule has 1 aliphatic heterocycles. The lowest BCUT2D eigenvalue weighted by atomic mass is 9.87. The highest BCUT2D eigenvalue weighted by Gasteiger charge is 2.48. The Morgan fingerprint density at radius 1 is 1.15 bits per heavy atom. The predicted molar refractivity (Wildman–Crippen MR) is 127 cm³/mol. The van der Waals surface area contributed by atoms with Gasteiger partial charge in [0.2, 0.25) is 0 Å². The molecular formula is C25H27F3N8O3. The number of hydrogen-bond acceptors (Lipinski definition) is 7. The van der Waals surface area contributed by atoms with Gasteiger partial charge in [0.05, 0.1) is 30.7 Å². The third kappa shape index (κ3) is 4.80. The third-order valence-electron chi connectivity index (χ3n) is 8.17. The van der Waals surface area contributed by atoms with Gasteiger partial charge in [0.15, 0.2) is 11.3 Å². The van der Waals surface area contributed by atoms with E-state index in [-0.39, 0.29) is 36.0 Å². The lowest BCUT2D eigenvalue weighted by Gasteiger charge is -2.26. The van der Waals surface area contributed by atoms with E-state index in [1.165, 1.54) is 6.20 Å². The zero-order valence-corrected chi connectivity index (χ0v) is 20.9. The number of imidazole rings is 1. The molecule has 3 amide bonds. The summed E-state index contributed by atoms with van der Waals surface area (Å²) >= 11 is 0. The van der Waals surface area contributed by atoms with Crippen LogP contribution in [0.4, 0.5) is 18.0 Å². The van der Waals surface area contributed by atoms with Crippen LogP contribution in [0, 0.1) is 17.8 Å². The van der Waals surface area contributed by atoms with Crippen molar-refractivity contribution in [1.29, 1.82) is 0 Å². The number of hydrogen-bond donors (Lipinski definition) is 2. The summed E-state index contributed by atoms with van der Waals surface area (Å²) in [5.74, 6) is 1.11. The SMILES string of the molecule is O=C(N[C@H](c1cn2ncc(CN3C[C@@H](C(F)(F)F)NC3=O)cc2n1)C(C1CC1)C1CC1)c1nonc1C1CC1. The van der Waals surface area contributed by atoms with Gasteiger partial charge in [-0.15, -0.1) is 0 Å². The van der Waals surface area contributed by atoms with Crippen molar-refractivity contribution in [3.8, 4) is 0 Å². The molecule has 0 aromatic carbocycles. The Labute approximate surface area is 220 Å². The maximum atomic E-state index is 13.4. The van der Waals surface area contributed by atoms with Crippen LogP contribution in [0.5, 0.6) is 0 Å². The van der Waals surface area contributed by atoms with Crippen molar-refractivity contribution in [3.05, 3.63) is 41.1 Å². The quantitative estimate of drug-likeness (QED) is 0.423. The highest BCUT2D eigenvalue weighted by Crippen LogP contribution is 2.54. The van der Waals surface area contributed by atoms with Gasteiger partial charge in [0, 0.05) is 12.5 Å². The third-order valence-corrected chi connectivity index (χ3v) is 8.17. The number of nitrogens with zero attached hydrogens (tertiary/aromatic N) is 6. The topological polar surface area (TPSA) is 131 Å². The van der Waals surface area contributed by atoms with Gasteiger partial charge in [-0.1, -0.05) is 5.16 Å². The lowest BCUT2D eigenvalue weighted by Crippen LogP contribution is -2.40. The van der Waals surface area contributed by atoms with Crippen LogP contribution in [-0.4, -0.2) is 60.5 Å². The van der Waals surface area contributed by atoms with Gasteiger partial charge in [-0.25, -0.2) is 18.9 Å². The average molecular weight is 545 g/mol. The monoisotopic (exact) mass is 544 g/mol. The van der Waals surface area contributed by atoms with Gasteiger partial charge >= 0.3 is 12.2 Å². The minimum absolute atomic E-state index is 0.0276. The number of urea groups is 1. The largest absolute Gasteiger partial charge is 0.410 e. The molecule has 1 saturated heterocycles. The molecule has 0 bridgehead atoms. The summed E-state index contributed by atoms with van der Waals surface area (Å²) in [4.78, 5) is 31.4. The molecular weight excluding hydrogens is 517 g/mol. The molecule has 0 unspecified atom stereocenters. The lowest BCUT2D eigenvalue weighted by molar-refractivity contribution is -0.149. The van der Waals surface area contributed by atoms with Crippen LogP contribution in [0.25, 0.3) is 5.65 Å². The first-order valence-electron chi connectivity index (χ1n) is 13.3. The first kappa shape index (κ1) is 24.3. The molecule has 4 aliphatic rings. The Bertz CT molecular complexity index is 1410. The second kappa shape index (κ2) is 8.91. The number of halogens is 3. The Kier molecular flexibility index (Phi) is 5.56. The fourth-order valence-corrected chi connectivity index (χ4v) is 5.75. The van der Waals surface area contributed by atoms with E-state index in [4.69, 9.17) is 9.61 Å². The van der Waals surface area contributed by atoms with Gasteiger partial charge in [-0.2, -0.15) is 18.3 Å². The summed E-state index contributed by atoms with van der Waals surface area (Å²) in [5, 5.41) is 17.4. The molecule has 7 rings (SSSR count). The second-order valence-electron chi connectivity index (χ2n) is 11.2. The molecule has 39 heavy (non-hydrogen) atoms. The van der Waals surface area contributed by atoms with E-state index in [1.54, 1.807) is 16.8 Å². The molecule has 4 heterocycles. The molecule has 4 fully saturated rings. The van der Waals surface area contributed by atoms with E-state index in [9.17, 15) is 22.8 Å². The van der Waals surface area contributed by atoms with Crippen LogP contribution in [-0.2, 0) is 6.54 Å². The van der Waals surface area contributed by atoms with E-state index in [1.807, 2.05) is 5.32 Å². The number of fused-ring (bicyclic) bond motifs is 1. The fourth-order valence-electron chi connectivity index (χ4n) is 5.75. The number of rotatable bonds is 9. The molecule has 2 atom stereocenters. The molecule has 2 N–H and O–H groups in total. The first-order chi connectivity index (χ1) is 18.7. The van der Waals surface area contributed by atoms with Crippen molar-refractivity contribution in [2.45, 2.75) is 69.2 Å². The maximum absolute atomic E-state index is 13.4. The van der Waals surface area contributed by atoms with Crippen LogP contribution in [0.15, 0.2) is 23.1 Å². The van der Waals surface area contributed by atoms with Crippen LogP contribution in [0.1, 0.15) is 77.9 Å². The second-order valence-corrected chi connectivity index (χ2v) is 11.2. The highest BCUT2D eigenvalue weighted by atomic mass is 19.4. The Hall–Kier alpha value is -3.71. The van der Waals surface area contributed by atoms with Crippen molar-refractivity contribution in [1.82, 2.24) is 40.4 Å². The summed E-state index contributed by atoms with van der Waals surface area (Å²) in [6, 6.07) is -1.32.